The van der Waals surface area contributed by atoms with Gasteiger partial charge in [0.25, 0.3) is 0 Å². The molecule has 0 aliphatic heterocycles. The van der Waals surface area contributed by atoms with Crippen LogP contribution >= 0.6 is 15.9 Å². The van der Waals surface area contributed by atoms with E-state index in [1.165, 1.54) is 0 Å². The van der Waals surface area contributed by atoms with Gasteiger partial charge in [-0.25, -0.2) is 9.78 Å². The van der Waals surface area contributed by atoms with E-state index in [1.54, 1.807) is 19.1 Å². The van der Waals surface area contributed by atoms with Gasteiger partial charge in [-0.3, -0.25) is 0 Å². The van der Waals surface area contributed by atoms with Gasteiger partial charge in [-0.2, -0.15) is 0 Å². The van der Waals surface area contributed by atoms with E-state index in [0.717, 1.165) is 11.0 Å². The van der Waals surface area contributed by atoms with Gasteiger partial charge in [0, 0.05) is 5.33 Å². The minimum atomic E-state index is -0.383. The highest BCUT2D eigenvalue weighted by molar-refractivity contribution is 9.09. The zero-order chi connectivity index (χ0) is 11.1. The lowest BCUT2D eigenvalue weighted by molar-refractivity contribution is 0.0519. The minimum Gasteiger partial charge on any atom is -0.461 e. The molecule has 0 bridgehead atoms. The molecule has 0 spiro atoms. The zero-order valence-corrected chi connectivity index (χ0v) is 10.0. The standard InChI is InChI=1S/C11H12BrNO2/c1-2-15-11(14)10-7-3-5-9(13-10)6-4-8-12/h3-7H,2,8H2,1H3. The summed E-state index contributed by atoms with van der Waals surface area (Å²) in [5.41, 5.74) is 1.09. The first-order chi connectivity index (χ1) is 7.27. The Morgan fingerprint density at radius 3 is 3.07 bits per heavy atom. The smallest absolute Gasteiger partial charge is 0.356 e. The number of allylic oxidation sites excluding steroid dienone is 1. The minimum absolute atomic E-state index is 0.341. The van der Waals surface area contributed by atoms with E-state index in [9.17, 15) is 4.79 Å². The van der Waals surface area contributed by atoms with Crippen LogP contribution in [0.25, 0.3) is 6.08 Å². The molecular weight excluding hydrogens is 258 g/mol. The van der Waals surface area contributed by atoms with Crippen LogP contribution in [-0.4, -0.2) is 22.9 Å². The van der Waals surface area contributed by atoms with Crippen molar-refractivity contribution < 1.29 is 9.53 Å². The normalized spacial score (nSPS) is 10.5. The lowest BCUT2D eigenvalue weighted by Gasteiger charge is -2.01. The van der Waals surface area contributed by atoms with E-state index in [2.05, 4.69) is 20.9 Å². The molecule has 0 fully saturated rings. The first kappa shape index (κ1) is 11.9. The van der Waals surface area contributed by atoms with Gasteiger partial charge in [0.05, 0.1) is 12.3 Å². The molecule has 80 valence electrons. The maximum atomic E-state index is 11.4. The fraction of sp³-hybridized carbons (Fsp3) is 0.273. The van der Waals surface area contributed by atoms with E-state index < -0.39 is 0 Å². The molecule has 1 heterocycles. The molecule has 0 saturated carbocycles. The third kappa shape index (κ3) is 3.83. The summed E-state index contributed by atoms with van der Waals surface area (Å²) in [6, 6.07) is 5.26. The topological polar surface area (TPSA) is 39.2 Å². The fourth-order valence-electron chi connectivity index (χ4n) is 1.03. The van der Waals surface area contributed by atoms with Gasteiger partial charge in [-0.05, 0) is 25.1 Å². The van der Waals surface area contributed by atoms with Crippen LogP contribution in [0.4, 0.5) is 0 Å². The van der Waals surface area contributed by atoms with Gasteiger partial charge in [0.1, 0.15) is 5.69 Å². The van der Waals surface area contributed by atoms with Crippen molar-refractivity contribution in [2.24, 2.45) is 0 Å². The molecule has 0 atom stereocenters. The van der Waals surface area contributed by atoms with Crippen molar-refractivity contribution in [2.75, 3.05) is 11.9 Å². The van der Waals surface area contributed by atoms with Crippen LogP contribution in [0.1, 0.15) is 23.1 Å². The molecule has 15 heavy (non-hydrogen) atoms. The number of ether oxygens (including phenoxy) is 1. The second kappa shape index (κ2) is 6.35. The molecule has 4 heteroatoms. The monoisotopic (exact) mass is 269 g/mol. The lowest BCUT2D eigenvalue weighted by atomic mass is 10.3. The van der Waals surface area contributed by atoms with Crippen molar-refractivity contribution in [2.45, 2.75) is 6.92 Å². The summed E-state index contributed by atoms with van der Waals surface area (Å²) >= 11 is 3.27. The van der Waals surface area contributed by atoms with Crippen molar-refractivity contribution in [3.8, 4) is 0 Å². The number of rotatable bonds is 4. The summed E-state index contributed by atoms with van der Waals surface area (Å²) in [6.45, 7) is 2.13. The van der Waals surface area contributed by atoms with Crippen molar-refractivity contribution in [1.82, 2.24) is 4.98 Å². The highest BCUT2D eigenvalue weighted by Crippen LogP contribution is 2.03. The number of nitrogens with zero attached hydrogens (tertiary/aromatic N) is 1. The van der Waals surface area contributed by atoms with Gasteiger partial charge in [0.15, 0.2) is 0 Å². The molecule has 0 radical (unpaired) electrons. The van der Waals surface area contributed by atoms with Gasteiger partial charge in [0.2, 0.25) is 0 Å². The van der Waals surface area contributed by atoms with Gasteiger partial charge in [-0.1, -0.05) is 28.1 Å². The fourth-order valence-corrected chi connectivity index (χ4v) is 1.22. The van der Waals surface area contributed by atoms with Crippen molar-refractivity contribution in [3.63, 3.8) is 0 Å². The van der Waals surface area contributed by atoms with E-state index in [1.807, 2.05) is 18.2 Å². The Balaban J connectivity index is 2.82. The van der Waals surface area contributed by atoms with E-state index >= 15 is 0 Å². The molecule has 0 aliphatic rings. The maximum Gasteiger partial charge on any atom is 0.356 e. The average molecular weight is 270 g/mol. The Kier molecular flexibility index (Phi) is 5.04. The molecule has 0 aliphatic carbocycles. The predicted octanol–water partition coefficient (Wildman–Crippen LogP) is 2.67. The average Bonchev–Trinajstić information content (AvgIpc) is 2.27. The van der Waals surface area contributed by atoms with Crippen LogP contribution in [0.3, 0.4) is 0 Å². The van der Waals surface area contributed by atoms with E-state index in [-0.39, 0.29) is 5.97 Å². The van der Waals surface area contributed by atoms with Crippen molar-refractivity contribution >= 4 is 28.0 Å². The molecule has 1 aromatic heterocycles. The molecule has 1 rings (SSSR count). The Bertz CT molecular complexity index is 363. The number of hydrogen-bond donors (Lipinski definition) is 0. The highest BCUT2D eigenvalue weighted by atomic mass is 79.9. The summed E-state index contributed by atoms with van der Waals surface area (Å²) in [6.07, 6.45) is 3.76. The van der Waals surface area contributed by atoms with Gasteiger partial charge >= 0.3 is 5.97 Å². The van der Waals surface area contributed by atoms with Crippen LogP contribution in [-0.2, 0) is 4.74 Å². The summed E-state index contributed by atoms with van der Waals surface area (Å²) < 4.78 is 4.85. The van der Waals surface area contributed by atoms with E-state index in [4.69, 9.17) is 4.74 Å². The molecule has 0 amide bonds. The number of carbonyl (C=O) groups excluding carboxylic acids is 1. The second-order valence-electron chi connectivity index (χ2n) is 2.72. The first-order valence-corrected chi connectivity index (χ1v) is 5.76. The number of esters is 1. The molecular formula is C11H12BrNO2. The maximum absolute atomic E-state index is 11.4. The quantitative estimate of drug-likeness (QED) is 0.623. The van der Waals surface area contributed by atoms with Gasteiger partial charge < -0.3 is 4.74 Å². The summed E-state index contributed by atoms with van der Waals surface area (Å²) in [4.78, 5) is 15.5. The number of halogens is 1. The summed E-state index contributed by atoms with van der Waals surface area (Å²) in [5, 5.41) is 0.762. The lowest BCUT2D eigenvalue weighted by Crippen LogP contribution is -2.07. The third-order valence-corrected chi connectivity index (χ3v) is 2.01. The van der Waals surface area contributed by atoms with E-state index in [0.29, 0.717) is 12.3 Å². The first-order valence-electron chi connectivity index (χ1n) is 4.64. The predicted molar refractivity (Wildman–Crippen MR) is 63.0 cm³/mol. The van der Waals surface area contributed by atoms with Crippen LogP contribution in [0, 0.1) is 0 Å². The van der Waals surface area contributed by atoms with Crippen molar-refractivity contribution in [1.29, 1.82) is 0 Å². The Hall–Kier alpha value is -1.16. The number of aromatic nitrogens is 1. The SMILES string of the molecule is CCOC(=O)c1cccc(C=CCBr)n1. The third-order valence-electron chi connectivity index (χ3n) is 1.63. The van der Waals surface area contributed by atoms with Crippen LogP contribution < -0.4 is 0 Å². The molecule has 0 aromatic carbocycles. The molecule has 1 aromatic rings. The number of alkyl halides is 1. The van der Waals surface area contributed by atoms with Crippen LogP contribution in [0.15, 0.2) is 24.3 Å². The Morgan fingerprint density at radius 2 is 2.40 bits per heavy atom. The number of carbonyl (C=O) groups is 1. The molecule has 0 N–H and O–H groups in total. The van der Waals surface area contributed by atoms with Gasteiger partial charge in [-0.15, -0.1) is 0 Å². The Morgan fingerprint density at radius 1 is 1.60 bits per heavy atom. The van der Waals surface area contributed by atoms with Crippen molar-refractivity contribution in [3.05, 3.63) is 35.7 Å². The highest BCUT2D eigenvalue weighted by Gasteiger charge is 2.07. The second-order valence-corrected chi connectivity index (χ2v) is 3.37. The molecule has 3 nitrogen and oxygen atoms in total. The summed E-state index contributed by atoms with van der Waals surface area (Å²) in [5.74, 6) is -0.383. The van der Waals surface area contributed by atoms with Crippen LogP contribution in [0.2, 0.25) is 0 Å². The molecule has 0 unspecified atom stereocenters. The molecule has 0 saturated heterocycles. The zero-order valence-electron chi connectivity index (χ0n) is 8.44. The van der Waals surface area contributed by atoms with Crippen LogP contribution in [0.5, 0.6) is 0 Å². The summed E-state index contributed by atoms with van der Waals surface area (Å²) in [7, 11) is 0. The largest absolute Gasteiger partial charge is 0.461 e. The Labute approximate surface area is 97.3 Å². The number of pyridine rings is 1. The number of hydrogen-bond acceptors (Lipinski definition) is 3.